The normalized spacial score (nSPS) is 18.2. The molecule has 1 amide bonds. The molecule has 0 aromatic heterocycles. The molecule has 0 spiro atoms. The predicted molar refractivity (Wildman–Crippen MR) is 56.8 cm³/mol. The third-order valence-electron chi connectivity index (χ3n) is 2.40. The van der Waals surface area contributed by atoms with Gasteiger partial charge in [-0.15, -0.1) is 0 Å². The smallest absolute Gasteiger partial charge is 0.252 e. The zero-order valence-electron chi connectivity index (χ0n) is 8.91. The number of rotatable bonds is 1. The van der Waals surface area contributed by atoms with Crippen molar-refractivity contribution in [2.75, 3.05) is 0 Å². The van der Waals surface area contributed by atoms with Gasteiger partial charge < -0.3 is 10.4 Å². The SMILES string of the molecule is CC1(C)N=C(c2ccc(O)c(F)c2)NC1=O. The number of amidine groups is 1. The Kier molecular flexibility index (Phi) is 2.18. The molecule has 1 aromatic rings. The number of carbonyl (C=O) groups excluding carboxylic acids is 1. The van der Waals surface area contributed by atoms with Crippen LogP contribution in [-0.2, 0) is 4.79 Å². The third kappa shape index (κ3) is 1.64. The zero-order valence-corrected chi connectivity index (χ0v) is 8.91. The lowest BCUT2D eigenvalue weighted by Crippen LogP contribution is -2.34. The Morgan fingerprint density at radius 3 is 2.62 bits per heavy atom. The second-order valence-corrected chi connectivity index (χ2v) is 4.14. The van der Waals surface area contributed by atoms with E-state index in [0.29, 0.717) is 11.4 Å². The molecule has 1 heterocycles. The van der Waals surface area contributed by atoms with Gasteiger partial charge >= 0.3 is 0 Å². The molecule has 2 N–H and O–H groups in total. The fraction of sp³-hybridized carbons (Fsp3) is 0.273. The molecule has 84 valence electrons. The van der Waals surface area contributed by atoms with Gasteiger partial charge in [-0.05, 0) is 32.0 Å². The number of hydrogen-bond donors (Lipinski definition) is 2. The van der Waals surface area contributed by atoms with Crippen molar-refractivity contribution in [3.63, 3.8) is 0 Å². The average molecular weight is 222 g/mol. The largest absolute Gasteiger partial charge is 0.505 e. The Balaban J connectivity index is 2.40. The number of amides is 1. The summed E-state index contributed by atoms with van der Waals surface area (Å²) in [5, 5.41) is 11.6. The molecular weight excluding hydrogens is 211 g/mol. The summed E-state index contributed by atoms with van der Waals surface area (Å²) in [4.78, 5) is 15.6. The van der Waals surface area contributed by atoms with Gasteiger partial charge in [-0.2, -0.15) is 0 Å². The first-order chi connectivity index (χ1) is 7.40. The van der Waals surface area contributed by atoms with E-state index in [1.807, 2.05) is 0 Å². The number of nitrogens with one attached hydrogen (secondary N) is 1. The number of hydrogen-bond acceptors (Lipinski definition) is 3. The minimum Gasteiger partial charge on any atom is -0.505 e. The van der Waals surface area contributed by atoms with E-state index >= 15 is 0 Å². The van der Waals surface area contributed by atoms with Crippen LogP contribution in [0, 0.1) is 5.82 Å². The molecule has 0 bridgehead atoms. The van der Waals surface area contributed by atoms with Crippen LogP contribution in [0.2, 0.25) is 0 Å². The summed E-state index contributed by atoms with van der Waals surface area (Å²) in [6.45, 7) is 3.35. The standard InChI is InChI=1S/C11H11FN2O2/c1-11(2)10(16)13-9(14-11)6-3-4-8(15)7(12)5-6/h3-5,15H,1-2H3,(H,13,14,16). The molecule has 0 radical (unpaired) electrons. The molecule has 0 saturated carbocycles. The average Bonchev–Trinajstić information content (AvgIpc) is 2.46. The minimum atomic E-state index is -0.830. The van der Waals surface area contributed by atoms with Crippen LogP contribution in [0.4, 0.5) is 4.39 Å². The molecule has 0 fully saturated rings. The first kappa shape index (κ1) is 10.6. The molecule has 0 atom stereocenters. The first-order valence-corrected chi connectivity index (χ1v) is 4.80. The second kappa shape index (κ2) is 3.30. The highest BCUT2D eigenvalue weighted by Gasteiger charge is 2.34. The Hall–Kier alpha value is -1.91. The number of phenols is 1. The van der Waals surface area contributed by atoms with Crippen molar-refractivity contribution in [1.29, 1.82) is 0 Å². The fourth-order valence-corrected chi connectivity index (χ4v) is 1.41. The van der Waals surface area contributed by atoms with Crippen molar-refractivity contribution < 1.29 is 14.3 Å². The van der Waals surface area contributed by atoms with Crippen LogP contribution < -0.4 is 5.32 Å². The van der Waals surface area contributed by atoms with Gasteiger partial charge in [0.2, 0.25) is 0 Å². The number of aromatic hydroxyl groups is 1. The van der Waals surface area contributed by atoms with Crippen LogP contribution in [0.5, 0.6) is 5.75 Å². The van der Waals surface area contributed by atoms with Crippen molar-refractivity contribution in [2.45, 2.75) is 19.4 Å². The van der Waals surface area contributed by atoms with Crippen LogP contribution >= 0.6 is 0 Å². The summed E-state index contributed by atoms with van der Waals surface area (Å²) in [5.41, 5.74) is -0.391. The highest BCUT2D eigenvalue weighted by molar-refractivity contribution is 6.15. The summed E-state index contributed by atoms with van der Waals surface area (Å²) in [6, 6.07) is 3.86. The summed E-state index contributed by atoms with van der Waals surface area (Å²) in [5.74, 6) is -1.06. The maximum absolute atomic E-state index is 13.1. The number of halogens is 1. The van der Waals surface area contributed by atoms with Gasteiger partial charge in [0, 0.05) is 5.56 Å². The van der Waals surface area contributed by atoms with E-state index in [1.54, 1.807) is 13.8 Å². The molecule has 1 aliphatic heterocycles. The zero-order chi connectivity index (χ0) is 11.9. The summed E-state index contributed by atoms with van der Waals surface area (Å²) < 4.78 is 13.1. The summed E-state index contributed by atoms with van der Waals surface area (Å²) in [7, 11) is 0. The van der Waals surface area contributed by atoms with Gasteiger partial charge in [0.25, 0.3) is 5.91 Å². The Labute approximate surface area is 91.8 Å². The van der Waals surface area contributed by atoms with Crippen LogP contribution in [0.25, 0.3) is 0 Å². The molecule has 0 saturated heterocycles. The molecule has 4 nitrogen and oxygen atoms in total. The van der Waals surface area contributed by atoms with Crippen LogP contribution in [0.15, 0.2) is 23.2 Å². The van der Waals surface area contributed by atoms with Crippen molar-refractivity contribution in [1.82, 2.24) is 5.32 Å². The third-order valence-corrected chi connectivity index (χ3v) is 2.40. The molecular formula is C11H11FN2O2. The van der Waals surface area contributed by atoms with E-state index in [9.17, 15) is 9.18 Å². The molecule has 5 heteroatoms. The molecule has 0 aliphatic carbocycles. The van der Waals surface area contributed by atoms with Gasteiger partial charge in [-0.25, -0.2) is 4.39 Å². The molecule has 0 unspecified atom stereocenters. The van der Waals surface area contributed by atoms with E-state index in [-0.39, 0.29) is 5.91 Å². The van der Waals surface area contributed by atoms with Gasteiger partial charge in [0.05, 0.1) is 0 Å². The van der Waals surface area contributed by atoms with E-state index in [1.165, 1.54) is 12.1 Å². The van der Waals surface area contributed by atoms with E-state index in [4.69, 9.17) is 5.11 Å². The number of aliphatic imine (C=N–C) groups is 1. The molecule has 16 heavy (non-hydrogen) atoms. The lowest BCUT2D eigenvalue weighted by molar-refractivity contribution is -0.122. The van der Waals surface area contributed by atoms with E-state index in [0.717, 1.165) is 6.07 Å². The van der Waals surface area contributed by atoms with E-state index < -0.39 is 17.1 Å². The lowest BCUT2D eigenvalue weighted by atomic mass is 10.1. The quantitative estimate of drug-likeness (QED) is 0.749. The van der Waals surface area contributed by atoms with E-state index in [2.05, 4.69) is 10.3 Å². The Morgan fingerprint density at radius 2 is 2.12 bits per heavy atom. The fourth-order valence-electron chi connectivity index (χ4n) is 1.41. The topological polar surface area (TPSA) is 61.7 Å². The number of benzene rings is 1. The Bertz CT molecular complexity index is 495. The Morgan fingerprint density at radius 1 is 1.44 bits per heavy atom. The highest BCUT2D eigenvalue weighted by atomic mass is 19.1. The monoisotopic (exact) mass is 222 g/mol. The minimum absolute atomic E-state index is 0.226. The van der Waals surface area contributed by atoms with Gasteiger partial charge in [0.15, 0.2) is 11.6 Å². The number of nitrogens with zero attached hydrogens (tertiary/aromatic N) is 1. The molecule has 2 rings (SSSR count). The van der Waals surface area contributed by atoms with Crippen LogP contribution in [0.1, 0.15) is 19.4 Å². The van der Waals surface area contributed by atoms with Gasteiger partial charge in [0.1, 0.15) is 11.4 Å². The number of phenolic OH excluding ortho intramolecular Hbond substituents is 1. The maximum Gasteiger partial charge on any atom is 0.252 e. The van der Waals surface area contributed by atoms with Crippen molar-refractivity contribution in [2.24, 2.45) is 4.99 Å². The van der Waals surface area contributed by atoms with Crippen molar-refractivity contribution in [3.8, 4) is 5.75 Å². The van der Waals surface area contributed by atoms with Crippen molar-refractivity contribution in [3.05, 3.63) is 29.6 Å². The maximum atomic E-state index is 13.1. The predicted octanol–water partition coefficient (Wildman–Crippen LogP) is 1.19. The van der Waals surface area contributed by atoms with Crippen LogP contribution in [0.3, 0.4) is 0 Å². The van der Waals surface area contributed by atoms with Gasteiger partial charge in [-0.3, -0.25) is 9.79 Å². The van der Waals surface area contributed by atoms with Gasteiger partial charge in [-0.1, -0.05) is 0 Å². The summed E-state index contributed by atoms with van der Waals surface area (Å²) >= 11 is 0. The lowest BCUT2D eigenvalue weighted by Gasteiger charge is -2.07. The molecule has 1 aliphatic rings. The highest BCUT2D eigenvalue weighted by Crippen LogP contribution is 2.21. The first-order valence-electron chi connectivity index (χ1n) is 4.80. The number of carbonyl (C=O) groups is 1. The summed E-state index contributed by atoms with van der Waals surface area (Å²) in [6.07, 6.45) is 0. The van der Waals surface area contributed by atoms with Crippen LogP contribution in [-0.4, -0.2) is 22.4 Å². The molecule has 1 aromatic carbocycles. The van der Waals surface area contributed by atoms with Crippen molar-refractivity contribution >= 4 is 11.7 Å². The second-order valence-electron chi connectivity index (χ2n) is 4.14.